The third kappa shape index (κ3) is 1.23. The second-order valence-electron chi connectivity index (χ2n) is 3.28. The van der Waals surface area contributed by atoms with Gasteiger partial charge in [-0.05, 0) is 24.7 Å². The van der Waals surface area contributed by atoms with Gasteiger partial charge in [0.15, 0.2) is 6.19 Å². The molecular formula is C8H14N2. The number of hydrogen-bond acceptors (Lipinski definition) is 2. The molecule has 3 unspecified atom stereocenters. The first-order chi connectivity index (χ1) is 4.75. The lowest BCUT2D eigenvalue weighted by molar-refractivity contribution is 0.398. The molecule has 0 spiro atoms. The van der Waals surface area contributed by atoms with Gasteiger partial charge in [0.05, 0.1) is 0 Å². The maximum Gasteiger partial charge on any atom is 0.176 e. The van der Waals surface area contributed by atoms with Crippen molar-refractivity contribution in [3.05, 3.63) is 0 Å². The highest BCUT2D eigenvalue weighted by molar-refractivity contribution is 4.88. The predicted octanol–water partition coefficient (Wildman–Crippen LogP) is 1.49. The summed E-state index contributed by atoms with van der Waals surface area (Å²) >= 11 is 0. The summed E-state index contributed by atoms with van der Waals surface area (Å²) in [6, 6.07) is 0.444. The molecule has 1 aliphatic carbocycles. The van der Waals surface area contributed by atoms with Crippen molar-refractivity contribution >= 4 is 0 Å². The zero-order chi connectivity index (χ0) is 7.56. The summed E-state index contributed by atoms with van der Waals surface area (Å²) in [7, 11) is 0. The number of rotatable bonds is 1. The van der Waals surface area contributed by atoms with Gasteiger partial charge in [-0.1, -0.05) is 13.8 Å². The lowest BCUT2D eigenvalue weighted by Crippen LogP contribution is -2.28. The standard InChI is InChI=1S/C8H14N2/c1-6-3-4-8(7(6)2)10-5-9/h6-8,10H,3-4H2,1-2H3. The maximum absolute atomic E-state index is 8.37. The van der Waals surface area contributed by atoms with Crippen molar-refractivity contribution in [2.24, 2.45) is 11.8 Å². The first-order valence-corrected chi connectivity index (χ1v) is 3.90. The van der Waals surface area contributed by atoms with Gasteiger partial charge < -0.3 is 5.32 Å². The summed E-state index contributed by atoms with van der Waals surface area (Å²) < 4.78 is 0. The highest BCUT2D eigenvalue weighted by atomic mass is 14.9. The lowest BCUT2D eigenvalue weighted by Gasteiger charge is -2.15. The molecule has 2 nitrogen and oxygen atoms in total. The van der Waals surface area contributed by atoms with Gasteiger partial charge in [-0.15, -0.1) is 0 Å². The van der Waals surface area contributed by atoms with Crippen LogP contribution in [0.15, 0.2) is 0 Å². The Hall–Kier alpha value is -0.710. The van der Waals surface area contributed by atoms with Crippen LogP contribution in [-0.4, -0.2) is 6.04 Å². The van der Waals surface area contributed by atoms with Crippen molar-refractivity contribution in [1.29, 1.82) is 5.26 Å². The largest absolute Gasteiger partial charge is 0.320 e. The second-order valence-corrected chi connectivity index (χ2v) is 3.28. The molecule has 0 bridgehead atoms. The van der Waals surface area contributed by atoms with Crippen LogP contribution >= 0.6 is 0 Å². The predicted molar refractivity (Wildman–Crippen MR) is 40.1 cm³/mol. The molecule has 1 rings (SSSR count). The van der Waals surface area contributed by atoms with Crippen LogP contribution in [0.3, 0.4) is 0 Å². The van der Waals surface area contributed by atoms with E-state index in [1.807, 2.05) is 6.19 Å². The highest BCUT2D eigenvalue weighted by Crippen LogP contribution is 2.30. The number of hydrogen-bond donors (Lipinski definition) is 1. The van der Waals surface area contributed by atoms with Crippen LogP contribution in [0.4, 0.5) is 0 Å². The minimum atomic E-state index is 0.444. The summed E-state index contributed by atoms with van der Waals surface area (Å²) in [5.74, 6) is 1.45. The number of nitrogens with one attached hydrogen (secondary N) is 1. The highest BCUT2D eigenvalue weighted by Gasteiger charge is 2.28. The fraction of sp³-hybridized carbons (Fsp3) is 0.875. The molecule has 1 fully saturated rings. The van der Waals surface area contributed by atoms with Gasteiger partial charge in [-0.3, -0.25) is 0 Å². The molecular weight excluding hydrogens is 124 g/mol. The number of nitriles is 1. The van der Waals surface area contributed by atoms with Gasteiger partial charge in [-0.25, -0.2) is 0 Å². The maximum atomic E-state index is 8.37. The van der Waals surface area contributed by atoms with Crippen LogP contribution < -0.4 is 5.32 Å². The summed E-state index contributed by atoms with van der Waals surface area (Å²) in [5.41, 5.74) is 0. The van der Waals surface area contributed by atoms with E-state index in [1.165, 1.54) is 6.42 Å². The van der Waals surface area contributed by atoms with Crippen LogP contribution in [0.1, 0.15) is 26.7 Å². The first-order valence-electron chi connectivity index (χ1n) is 3.90. The molecule has 0 aromatic heterocycles. The Morgan fingerprint density at radius 2 is 2.10 bits per heavy atom. The summed E-state index contributed by atoms with van der Waals surface area (Å²) in [4.78, 5) is 0. The molecule has 1 aliphatic rings. The molecule has 3 atom stereocenters. The molecule has 0 aromatic carbocycles. The third-order valence-corrected chi connectivity index (χ3v) is 2.72. The van der Waals surface area contributed by atoms with Gasteiger partial charge in [-0.2, -0.15) is 5.26 Å². The van der Waals surface area contributed by atoms with E-state index < -0.39 is 0 Å². The number of nitrogens with zero attached hydrogens (tertiary/aromatic N) is 1. The van der Waals surface area contributed by atoms with E-state index in [9.17, 15) is 0 Å². The normalized spacial score (nSPS) is 39.1. The molecule has 1 saturated carbocycles. The van der Waals surface area contributed by atoms with E-state index in [2.05, 4.69) is 19.2 Å². The molecule has 10 heavy (non-hydrogen) atoms. The SMILES string of the molecule is CC1CCC(NC#N)C1C. The minimum Gasteiger partial charge on any atom is -0.320 e. The fourth-order valence-electron chi connectivity index (χ4n) is 1.65. The van der Waals surface area contributed by atoms with E-state index in [1.54, 1.807) is 0 Å². The van der Waals surface area contributed by atoms with E-state index in [0.29, 0.717) is 12.0 Å². The Morgan fingerprint density at radius 1 is 1.40 bits per heavy atom. The Morgan fingerprint density at radius 3 is 2.50 bits per heavy atom. The van der Waals surface area contributed by atoms with Crippen molar-refractivity contribution in [3.63, 3.8) is 0 Å². The van der Waals surface area contributed by atoms with Crippen molar-refractivity contribution in [3.8, 4) is 6.19 Å². The zero-order valence-electron chi connectivity index (χ0n) is 6.59. The van der Waals surface area contributed by atoms with Gasteiger partial charge in [0.1, 0.15) is 0 Å². The van der Waals surface area contributed by atoms with Gasteiger partial charge in [0, 0.05) is 6.04 Å². The third-order valence-electron chi connectivity index (χ3n) is 2.72. The van der Waals surface area contributed by atoms with Crippen LogP contribution in [0.5, 0.6) is 0 Å². The van der Waals surface area contributed by atoms with Crippen LogP contribution in [0.25, 0.3) is 0 Å². The topological polar surface area (TPSA) is 35.8 Å². The van der Waals surface area contributed by atoms with Crippen molar-refractivity contribution < 1.29 is 0 Å². The summed E-state index contributed by atoms with van der Waals surface area (Å²) in [6.07, 6.45) is 4.44. The molecule has 2 heteroatoms. The van der Waals surface area contributed by atoms with E-state index >= 15 is 0 Å². The Labute approximate surface area is 62.2 Å². The average Bonchev–Trinajstić information content (AvgIpc) is 2.20. The quantitative estimate of drug-likeness (QED) is 0.440. The average molecular weight is 138 g/mol. The minimum absolute atomic E-state index is 0.444. The fourth-order valence-corrected chi connectivity index (χ4v) is 1.65. The first kappa shape index (κ1) is 7.40. The van der Waals surface area contributed by atoms with Crippen LogP contribution in [-0.2, 0) is 0 Å². The lowest BCUT2D eigenvalue weighted by atomic mass is 9.98. The Kier molecular flexibility index (Phi) is 2.16. The molecule has 0 saturated heterocycles. The second kappa shape index (κ2) is 2.92. The van der Waals surface area contributed by atoms with Crippen molar-refractivity contribution in [2.45, 2.75) is 32.7 Å². The molecule has 0 amide bonds. The summed E-state index contributed by atoms with van der Waals surface area (Å²) in [5, 5.41) is 11.2. The molecule has 0 aliphatic heterocycles. The molecule has 0 radical (unpaired) electrons. The molecule has 0 heterocycles. The van der Waals surface area contributed by atoms with Crippen LogP contribution in [0, 0.1) is 23.3 Å². The smallest absolute Gasteiger partial charge is 0.176 e. The van der Waals surface area contributed by atoms with Crippen molar-refractivity contribution in [2.75, 3.05) is 0 Å². The van der Waals surface area contributed by atoms with Gasteiger partial charge in [0.2, 0.25) is 0 Å². The zero-order valence-corrected chi connectivity index (χ0v) is 6.59. The van der Waals surface area contributed by atoms with E-state index in [4.69, 9.17) is 5.26 Å². The summed E-state index contributed by atoms with van der Waals surface area (Å²) in [6.45, 7) is 4.47. The molecule has 0 aromatic rings. The Bertz CT molecular complexity index is 148. The molecule has 56 valence electrons. The molecule has 1 N–H and O–H groups in total. The van der Waals surface area contributed by atoms with Crippen molar-refractivity contribution in [1.82, 2.24) is 5.32 Å². The van der Waals surface area contributed by atoms with Crippen LogP contribution in [0.2, 0.25) is 0 Å². The van der Waals surface area contributed by atoms with Gasteiger partial charge in [0.25, 0.3) is 0 Å². The van der Waals surface area contributed by atoms with Gasteiger partial charge >= 0.3 is 0 Å². The monoisotopic (exact) mass is 138 g/mol. The van der Waals surface area contributed by atoms with E-state index in [0.717, 1.165) is 12.3 Å². The van der Waals surface area contributed by atoms with E-state index in [-0.39, 0.29) is 0 Å². The Balaban J connectivity index is 2.43.